The summed E-state index contributed by atoms with van der Waals surface area (Å²) in [7, 11) is 1.63. The Hall–Kier alpha value is -1.13. The van der Waals surface area contributed by atoms with Crippen molar-refractivity contribution in [3.05, 3.63) is 24.4 Å². The molecule has 0 N–H and O–H groups in total. The quantitative estimate of drug-likeness (QED) is 0.489. The smallest absolute Gasteiger partial charge is 0.215 e. The van der Waals surface area contributed by atoms with Crippen LogP contribution in [0.3, 0.4) is 0 Å². The Morgan fingerprint density at radius 2 is 2.23 bits per heavy atom. The van der Waals surface area contributed by atoms with Gasteiger partial charge >= 0.3 is 0 Å². The Balaban J connectivity index is 2.07. The minimum absolute atomic E-state index is 0.209. The van der Waals surface area contributed by atoms with Gasteiger partial charge in [-0.3, -0.25) is 0 Å². The molecule has 0 aliphatic heterocycles. The van der Waals surface area contributed by atoms with Crippen molar-refractivity contribution in [3.63, 3.8) is 0 Å². The molecule has 72 valence electrons. The van der Waals surface area contributed by atoms with Crippen molar-refractivity contribution in [1.82, 2.24) is 4.98 Å². The van der Waals surface area contributed by atoms with E-state index in [1.807, 2.05) is 12.1 Å². The van der Waals surface area contributed by atoms with E-state index in [0.29, 0.717) is 19.1 Å². The summed E-state index contributed by atoms with van der Waals surface area (Å²) in [6.07, 6.45) is 1.67. The molecule has 0 aliphatic rings. The van der Waals surface area contributed by atoms with Gasteiger partial charge in [-0.15, -0.1) is 0 Å². The van der Waals surface area contributed by atoms with Crippen LogP contribution in [-0.2, 0) is 9.47 Å². The monoisotopic (exact) mass is 183 g/mol. The highest BCUT2D eigenvalue weighted by Gasteiger charge is 1.91. The highest BCUT2D eigenvalue weighted by Crippen LogP contribution is 2.02. The van der Waals surface area contributed by atoms with Crippen molar-refractivity contribution in [1.29, 1.82) is 0 Å². The normalized spacial score (nSPS) is 9.92. The SMILES string of the molecule is COCCOCOc1ccccn1. The average Bonchev–Trinajstić information content (AvgIpc) is 2.19. The third-order valence-electron chi connectivity index (χ3n) is 1.36. The van der Waals surface area contributed by atoms with Gasteiger partial charge in [0.1, 0.15) is 0 Å². The summed E-state index contributed by atoms with van der Waals surface area (Å²) < 4.78 is 15.1. The number of pyridine rings is 1. The van der Waals surface area contributed by atoms with Gasteiger partial charge in [0, 0.05) is 19.4 Å². The molecule has 1 heterocycles. The zero-order valence-electron chi connectivity index (χ0n) is 7.60. The number of aromatic nitrogens is 1. The van der Waals surface area contributed by atoms with E-state index in [9.17, 15) is 0 Å². The molecule has 1 aromatic rings. The van der Waals surface area contributed by atoms with Crippen LogP contribution in [0.15, 0.2) is 24.4 Å². The fourth-order valence-electron chi connectivity index (χ4n) is 0.736. The third-order valence-corrected chi connectivity index (χ3v) is 1.36. The Kier molecular flexibility index (Phi) is 4.90. The van der Waals surface area contributed by atoms with Gasteiger partial charge in [0.15, 0.2) is 6.79 Å². The number of nitrogens with zero attached hydrogens (tertiary/aromatic N) is 1. The summed E-state index contributed by atoms with van der Waals surface area (Å²) in [5, 5.41) is 0. The van der Waals surface area contributed by atoms with Gasteiger partial charge in [0.05, 0.1) is 13.2 Å². The first-order valence-electron chi connectivity index (χ1n) is 4.04. The summed E-state index contributed by atoms with van der Waals surface area (Å²) in [6, 6.07) is 5.47. The molecule has 13 heavy (non-hydrogen) atoms. The molecule has 1 aromatic heterocycles. The van der Waals surface area contributed by atoms with Crippen LogP contribution in [0, 0.1) is 0 Å². The first-order valence-corrected chi connectivity index (χ1v) is 4.04. The van der Waals surface area contributed by atoms with Gasteiger partial charge in [-0.2, -0.15) is 0 Å². The molecular weight excluding hydrogens is 170 g/mol. The van der Waals surface area contributed by atoms with E-state index in [1.54, 1.807) is 19.4 Å². The second-order valence-electron chi connectivity index (χ2n) is 2.33. The van der Waals surface area contributed by atoms with Gasteiger partial charge < -0.3 is 14.2 Å². The number of hydrogen-bond donors (Lipinski definition) is 0. The van der Waals surface area contributed by atoms with Crippen LogP contribution in [0.4, 0.5) is 0 Å². The average molecular weight is 183 g/mol. The molecule has 0 bridgehead atoms. The maximum Gasteiger partial charge on any atom is 0.215 e. The van der Waals surface area contributed by atoms with Crippen molar-refractivity contribution in [2.75, 3.05) is 27.1 Å². The Morgan fingerprint density at radius 3 is 2.92 bits per heavy atom. The summed E-state index contributed by atoms with van der Waals surface area (Å²) in [4.78, 5) is 3.96. The molecule has 0 atom stereocenters. The van der Waals surface area contributed by atoms with E-state index in [-0.39, 0.29) is 6.79 Å². The standard InChI is InChI=1S/C9H13NO3/c1-11-6-7-12-8-13-9-4-2-3-5-10-9/h2-5H,6-8H2,1H3. The van der Waals surface area contributed by atoms with Crippen LogP contribution in [-0.4, -0.2) is 32.1 Å². The minimum atomic E-state index is 0.209. The van der Waals surface area contributed by atoms with Crippen LogP contribution < -0.4 is 4.74 Å². The maximum absolute atomic E-state index is 5.16. The molecule has 1 rings (SSSR count). The van der Waals surface area contributed by atoms with E-state index in [0.717, 1.165) is 0 Å². The molecule has 4 nitrogen and oxygen atoms in total. The minimum Gasteiger partial charge on any atom is -0.451 e. The molecule has 0 fully saturated rings. The molecule has 0 amide bonds. The van der Waals surface area contributed by atoms with Gasteiger partial charge in [-0.25, -0.2) is 4.98 Å². The Bertz CT molecular complexity index is 215. The topological polar surface area (TPSA) is 40.6 Å². The van der Waals surface area contributed by atoms with Crippen LogP contribution in [0.1, 0.15) is 0 Å². The molecule has 0 radical (unpaired) electrons. The lowest BCUT2D eigenvalue weighted by Gasteiger charge is -2.04. The summed E-state index contributed by atoms with van der Waals surface area (Å²) in [5.74, 6) is 0.569. The van der Waals surface area contributed by atoms with E-state index in [2.05, 4.69) is 4.98 Å². The van der Waals surface area contributed by atoms with E-state index >= 15 is 0 Å². The highest BCUT2D eigenvalue weighted by atomic mass is 16.7. The van der Waals surface area contributed by atoms with Crippen LogP contribution >= 0.6 is 0 Å². The summed E-state index contributed by atoms with van der Waals surface area (Å²) in [6.45, 7) is 1.31. The lowest BCUT2D eigenvalue weighted by Crippen LogP contribution is -2.08. The van der Waals surface area contributed by atoms with E-state index in [1.165, 1.54) is 0 Å². The number of rotatable bonds is 6. The number of hydrogen-bond acceptors (Lipinski definition) is 4. The van der Waals surface area contributed by atoms with E-state index in [4.69, 9.17) is 14.2 Å². The van der Waals surface area contributed by atoms with Crippen molar-refractivity contribution < 1.29 is 14.2 Å². The second-order valence-corrected chi connectivity index (χ2v) is 2.33. The predicted octanol–water partition coefficient (Wildman–Crippen LogP) is 1.08. The zero-order chi connectivity index (χ0) is 9.36. The Labute approximate surface area is 77.5 Å². The third kappa shape index (κ3) is 4.45. The first-order chi connectivity index (χ1) is 6.43. The lowest BCUT2D eigenvalue weighted by molar-refractivity contribution is -0.0104. The van der Waals surface area contributed by atoms with Gasteiger partial charge in [-0.1, -0.05) is 6.07 Å². The van der Waals surface area contributed by atoms with Crippen molar-refractivity contribution in [3.8, 4) is 5.88 Å². The van der Waals surface area contributed by atoms with Gasteiger partial charge in [-0.05, 0) is 6.07 Å². The fraction of sp³-hybridized carbons (Fsp3) is 0.444. The zero-order valence-corrected chi connectivity index (χ0v) is 7.60. The summed E-state index contributed by atoms with van der Waals surface area (Å²) >= 11 is 0. The second kappa shape index (κ2) is 6.39. The van der Waals surface area contributed by atoms with Crippen LogP contribution in [0.5, 0.6) is 5.88 Å². The van der Waals surface area contributed by atoms with Crippen molar-refractivity contribution >= 4 is 0 Å². The highest BCUT2D eigenvalue weighted by molar-refractivity contribution is 5.08. The lowest BCUT2D eigenvalue weighted by atomic mass is 10.5. The predicted molar refractivity (Wildman–Crippen MR) is 47.6 cm³/mol. The largest absolute Gasteiger partial charge is 0.451 e. The van der Waals surface area contributed by atoms with Gasteiger partial charge in [0.2, 0.25) is 5.88 Å². The number of ether oxygens (including phenoxy) is 3. The molecule has 4 heteroatoms. The van der Waals surface area contributed by atoms with Crippen molar-refractivity contribution in [2.24, 2.45) is 0 Å². The van der Waals surface area contributed by atoms with E-state index < -0.39 is 0 Å². The molecular formula is C9H13NO3. The number of methoxy groups -OCH3 is 1. The summed E-state index contributed by atoms with van der Waals surface area (Å²) in [5.41, 5.74) is 0. The van der Waals surface area contributed by atoms with Gasteiger partial charge in [0.25, 0.3) is 0 Å². The Morgan fingerprint density at radius 1 is 1.31 bits per heavy atom. The molecule has 0 saturated heterocycles. The molecule has 0 unspecified atom stereocenters. The van der Waals surface area contributed by atoms with Crippen LogP contribution in [0.2, 0.25) is 0 Å². The molecule has 0 aromatic carbocycles. The molecule has 0 aliphatic carbocycles. The molecule has 0 saturated carbocycles. The first kappa shape index (κ1) is 9.95. The maximum atomic E-state index is 5.16. The van der Waals surface area contributed by atoms with Crippen LogP contribution in [0.25, 0.3) is 0 Å². The fourth-order valence-corrected chi connectivity index (χ4v) is 0.736. The molecule has 0 spiro atoms. The van der Waals surface area contributed by atoms with Crippen molar-refractivity contribution in [2.45, 2.75) is 0 Å².